The highest BCUT2D eigenvalue weighted by Gasteiger charge is 2.36. The standard InChI is InChI=1S/C20H20N4O/c1-14-7-6-10-17(11-14)19(25)23-15(2)12-18(16-8-4-3-5-9-16)24-20(23)21-13-22-24/h3-11,13,15,18H,12H2,1-2H3/t15-,18+/m0/s1. The molecule has 0 saturated carbocycles. The van der Waals surface area contributed by atoms with E-state index in [4.69, 9.17) is 0 Å². The molecule has 126 valence electrons. The third-order valence-corrected chi connectivity index (χ3v) is 4.74. The molecule has 1 amide bonds. The summed E-state index contributed by atoms with van der Waals surface area (Å²) in [6.45, 7) is 4.06. The molecule has 0 N–H and O–H groups in total. The summed E-state index contributed by atoms with van der Waals surface area (Å²) in [6.07, 6.45) is 2.33. The van der Waals surface area contributed by atoms with Crippen LogP contribution in [0.3, 0.4) is 0 Å². The molecule has 1 aliphatic heterocycles. The predicted octanol–water partition coefficient (Wildman–Crippen LogP) is 3.61. The number of carbonyl (C=O) groups is 1. The molecule has 0 unspecified atom stereocenters. The number of fused-ring (bicyclic) bond motifs is 1. The smallest absolute Gasteiger partial charge is 0.260 e. The van der Waals surface area contributed by atoms with Crippen LogP contribution in [-0.2, 0) is 0 Å². The maximum atomic E-state index is 13.1. The first kappa shape index (κ1) is 15.6. The molecule has 2 aromatic carbocycles. The second kappa shape index (κ2) is 6.16. The lowest BCUT2D eigenvalue weighted by Gasteiger charge is -2.37. The zero-order valence-electron chi connectivity index (χ0n) is 14.3. The summed E-state index contributed by atoms with van der Waals surface area (Å²) in [5.74, 6) is 0.580. The number of anilines is 1. The van der Waals surface area contributed by atoms with E-state index in [-0.39, 0.29) is 18.0 Å². The van der Waals surface area contributed by atoms with Crippen LogP contribution in [0.4, 0.5) is 5.95 Å². The molecule has 3 aromatic rings. The van der Waals surface area contributed by atoms with Crippen LogP contribution in [-0.4, -0.2) is 26.7 Å². The Morgan fingerprint density at radius 1 is 1.12 bits per heavy atom. The van der Waals surface area contributed by atoms with Crippen molar-refractivity contribution >= 4 is 11.9 Å². The highest BCUT2D eigenvalue weighted by molar-refractivity contribution is 6.05. The van der Waals surface area contributed by atoms with Gasteiger partial charge in [0.15, 0.2) is 0 Å². The molecule has 0 saturated heterocycles. The van der Waals surface area contributed by atoms with Crippen molar-refractivity contribution in [3.8, 4) is 0 Å². The van der Waals surface area contributed by atoms with Gasteiger partial charge in [-0.2, -0.15) is 10.1 Å². The molecule has 0 fully saturated rings. The predicted molar refractivity (Wildman–Crippen MR) is 96.7 cm³/mol. The minimum atomic E-state index is -0.0306. The van der Waals surface area contributed by atoms with Crippen molar-refractivity contribution in [2.24, 2.45) is 0 Å². The quantitative estimate of drug-likeness (QED) is 0.720. The van der Waals surface area contributed by atoms with Gasteiger partial charge in [0.05, 0.1) is 6.04 Å². The Morgan fingerprint density at radius 3 is 2.68 bits per heavy atom. The molecule has 0 bridgehead atoms. The molecular formula is C20H20N4O. The number of aromatic nitrogens is 3. The first-order valence-corrected chi connectivity index (χ1v) is 8.50. The van der Waals surface area contributed by atoms with E-state index in [9.17, 15) is 4.79 Å². The van der Waals surface area contributed by atoms with Crippen molar-refractivity contribution in [2.75, 3.05) is 4.90 Å². The van der Waals surface area contributed by atoms with Crippen LogP contribution in [0.2, 0.25) is 0 Å². The summed E-state index contributed by atoms with van der Waals surface area (Å²) < 4.78 is 1.86. The second-order valence-electron chi connectivity index (χ2n) is 6.56. The van der Waals surface area contributed by atoms with Gasteiger partial charge in [0, 0.05) is 11.6 Å². The van der Waals surface area contributed by atoms with Crippen LogP contribution in [0.15, 0.2) is 60.9 Å². The molecule has 4 rings (SSSR count). The fraction of sp³-hybridized carbons (Fsp3) is 0.250. The van der Waals surface area contributed by atoms with Crippen LogP contribution in [0.1, 0.15) is 40.9 Å². The summed E-state index contributed by atoms with van der Waals surface area (Å²) in [6, 6.07) is 18.1. The molecule has 0 aliphatic carbocycles. The lowest BCUT2D eigenvalue weighted by molar-refractivity contribution is 0.0966. The van der Waals surface area contributed by atoms with Gasteiger partial charge in [-0.15, -0.1) is 0 Å². The monoisotopic (exact) mass is 332 g/mol. The number of nitrogens with zero attached hydrogens (tertiary/aromatic N) is 4. The first-order valence-electron chi connectivity index (χ1n) is 8.50. The number of hydrogen-bond acceptors (Lipinski definition) is 3. The van der Waals surface area contributed by atoms with Gasteiger partial charge >= 0.3 is 0 Å². The molecule has 25 heavy (non-hydrogen) atoms. The van der Waals surface area contributed by atoms with Crippen LogP contribution >= 0.6 is 0 Å². The Balaban J connectivity index is 1.74. The van der Waals surface area contributed by atoms with E-state index < -0.39 is 0 Å². The first-order chi connectivity index (χ1) is 12.1. The zero-order chi connectivity index (χ0) is 17.4. The van der Waals surface area contributed by atoms with E-state index in [1.807, 2.05) is 54.1 Å². The average Bonchev–Trinajstić information content (AvgIpc) is 3.10. The summed E-state index contributed by atoms with van der Waals surface area (Å²) >= 11 is 0. The van der Waals surface area contributed by atoms with Crippen molar-refractivity contribution in [1.29, 1.82) is 0 Å². The Kier molecular flexibility index (Phi) is 3.84. The van der Waals surface area contributed by atoms with Crippen LogP contribution < -0.4 is 4.90 Å². The van der Waals surface area contributed by atoms with E-state index in [2.05, 4.69) is 29.1 Å². The fourth-order valence-corrected chi connectivity index (χ4v) is 3.52. The number of carbonyl (C=O) groups excluding carboxylic acids is 1. The highest BCUT2D eigenvalue weighted by atomic mass is 16.2. The minimum absolute atomic E-state index is 0.0306. The van der Waals surface area contributed by atoms with E-state index in [0.29, 0.717) is 11.5 Å². The van der Waals surface area contributed by atoms with Crippen LogP contribution in [0, 0.1) is 6.92 Å². The van der Waals surface area contributed by atoms with E-state index in [0.717, 1.165) is 12.0 Å². The van der Waals surface area contributed by atoms with E-state index in [1.165, 1.54) is 11.9 Å². The van der Waals surface area contributed by atoms with E-state index in [1.54, 1.807) is 4.90 Å². The van der Waals surface area contributed by atoms with E-state index >= 15 is 0 Å². The SMILES string of the molecule is Cc1cccc(C(=O)N2c3ncnn3[C@@H](c3ccccc3)C[C@@H]2C)c1. The lowest BCUT2D eigenvalue weighted by atomic mass is 9.97. The molecule has 2 heterocycles. The van der Waals surface area contributed by atoms with Crippen molar-refractivity contribution in [2.45, 2.75) is 32.4 Å². The average molecular weight is 332 g/mol. The molecule has 1 aromatic heterocycles. The number of benzene rings is 2. The van der Waals surface area contributed by atoms with Crippen molar-refractivity contribution in [3.63, 3.8) is 0 Å². The Hall–Kier alpha value is -2.95. The van der Waals surface area contributed by atoms with Crippen LogP contribution in [0.5, 0.6) is 0 Å². The van der Waals surface area contributed by atoms with Crippen molar-refractivity contribution in [1.82, 2.24) is 14.8 Å². The lowest BCUT2D eigenvalue weighted by Crippen LogP contribution is -2.46. The number of amides is 1. The van der Waals surface area contributed by atoms with Crippen molar-refractivity contribution in [3.05, 3.63) is 77.6 Å². The normalized spacial score (nSPS) is 19.5. The van der Waals surface area contributed by atoms with Gasteiger partial charge in [0.2, 0.25) is 5.95 Å². The number of aryl methyl sites for hydroxylation is 1. The fourth-order valence-electron chi connectivity index (χ4n) is 3.52. The Labute approximate surface area is 146 Å². The molecule has 0 spiro atoms. The summed E-state index contributed by atoms with van der Waals surface area (Å²) in [5, 5.41) is 4.40. The third-order valence-electron chi connectivity index (χ3n) is 4.74. The van der Waals surface area contributed by atoms with Gasteiger partial charge in [0.25, 0.3) is 5.91 Å². The summed E-state index contributed by atoms with van der Waals surface area (Å²) in [4.78, 5) is 19.3. The third kappa shape index (κ3) is 2.71. The summed E-state index contributed by atoms with van der Waals surface area (Å²) in [5.41, 5.74) is 2.93. The Bertz CT molecular complexity index is 903. The molecule has 5 nitrogen and oxygen atoms in total. The van der Waals surface area contributed by atoms with Gasteiger partial charge in [-0.25, -0.2) is 4.68 Å². The number of rotatable bonds is 2. The van der Waals surface area contributed by atoms with Crippen LogP contribution in [0.25, 0.3) is 0 Å². The van der Waals surface area contributed by atoms with Gasteiger partial charge in [0.1, 0.15) is 6.33 Å². The maximum absolute atomic E-state index is 13.1. The molecule has 5 heteroatoms. The minimum Gasteiger partial charge on any atom is -0.274 e. The Morgan fingerprint density at radius 2 is 1.92 bits per heavy atom. The second-order valence-corrected chi connectivity index (χ2v) is 6.56. The zero-order valence-corrected chi connectivity index (χ0v) is 14.3. The van der Waals surface area contributed by atoms with Gasteiger partial charge in [-0.05, 0) is 38.0 Å². The molecule has 2 atom stereocenters. The summed E-state index contributed by atoms with van der Waals surface area (Å²) in [7, 11) is 0. The molecular weight excluding hydrogens is 312 g/mol. The van der Waals surface area contributed by atoms with Gasteiger partial charge in [-0.1, -0.05) is 48.0 Å². The van der Waals surface area contributed by atoms with Crippen molar-refractivity contribution < 1.29 is 4.79 Å². The molecule has 0 radical (unpaired) electrons. The molecule has 1 aliphatic rings. The van der Waals surface area contributed by atoms with Gasteiger partial charge < -0.3 is 0 Å². The highest BCUT2D eigenvalue weighted by Crippen LogP contribution is 2.35. The topological polar surface area (TPSA) is 51.0 Å². The largest absolute Gasteiger partial charge is 0.274 e. The van der Waals surface area contributed by atoms with Gasteiger partial charge in [-0.3, -0.25) is 9.69 Å². The maximum Gasteiger partial charge on any atom is 0.260 e. The number of hydrogen-bond donors (Lipinski definition) is 0.